The molecule has 0 aliphatic rings. The number of carbonyl (C=O) groups is 1. The van der Waals surface area contributed by atoms with Gasteiger partial charge in [-0.15, -0.1) is 0 Å². The van der Waals surface area contributed by atoms with E-state index < -0.39 is 5.60 Å². The molecule has 2 nitrogen and oxygen atoms in total. The molecule has 0 fully saturated rings. The minimum atomic E-state index is -0.416. The highest BCUT2D eigenvalue weighted by Crippen LogP contribution is 2.17. The van der Waals surface area contributed by atoms with Crippen LogP contribution in [0.1, 0.15) is 72.6 Å². The van der Waals surface area contributed by atoms with Crippen LogP contribution < -0.4 is 0 Å². The third-order valence-electron chi connectivity index (χ3n) is 2.45. The van der Waals surface area contributed by atoms with Crippen LogP contribution in [0.4, 0.5) is 0 Å². The molecule has 0 aromatic rings. The number of rotatable bonds is 8. The summed E-state index contributed by atoms with van der Waals surface area (Å²) < 4.78 is 6.16. The first kappa shape index (κ1) is 17.7. The van der Waals surface area contributed by atoms with Crippen molar-refractivity contribution in [2.24, 2.45) is 0 Å². The van der Waals surface area contributed by atoms with Crippen molar-refractivity contribution in [2.75, 3.05) is 0 Å². The molecule has 0 N–H and O–H groups in total. The number of hydrogen-bond acceptors (Lipinski definition) is 2. The van der Waals surface area contributed by atoms with Crippen molar-refractivity contribution in [3.8, 4) is 0 Å². The Morgan fingerprint density at radius 1 is 1.11 bits per heavy atom. The highest BCUT2D eigenvalue weighted by atomic mass is 79.9. The molecule has 0 aromatic carbocycles. The standard InChI is InChI=1S/C15H27BrO2/c1-5-6-7-8-9-10-11-13(16)12-14(17)18-15(2,3)4/h12H,5-11H2,1-4H3. The van der Waals surface area contributed by atoms with Crippen LogP contribution in [0.5, 0.6) is 0 Å². The first-order chi connectivity index (χ1) is 8.35. The number of unbranched alkanes of at least 4 members (excludes halogenated alkanes) is 5. The van der Waals surface area contributed by atoms with Gasteiger partial charge in [-0.2, -0.15) is 0 Å². The summed E-state index contributed by atoms with van der Waals surface area (Å²) >= 11 is 3.43. The van der Waals surface area contributed by atoms with E-state index in [1.165, 1.54) is 32.1 Å². The Bertz CT molecular complexity index is 264. The van der Waals surface area contributed by atoms with E-state index >= 15 is 0 Å². The summed E-state index contributed by atoms with van der Waals surface area (Å²) in [6, 6.07) is 0. The number of ether oxygens (including phenoxy) is 1. The Morgan fingerprint density at radius 2 is 1.67 bits per heavy atom. The van der Waals surface area contributed by atoms with E-state index in [1.54, 1.807) is 6.08 Å². The summed E-state index contributed by atoms with van der Waals surface area (Å²) in [6.45, 7) is 7.85. The maximum Gasteiger partial charge on any atom is 0.332 e. The van der Waals surface area contributed by atoms with Gasteiger partial charge in [-0.1, -0.05) is 55.0 Å². The summed E-state index contributed by atoms with van der Waals surface area (Å²) in [5, 5.41) is 0. The second kappa shape index (κ2) is 9.60. The minimum absolute atomic E-state index is 0.264. The van der Waals surface area contributed by atoms with Gasteiger partial charge in [0, 0.05) is 10.6 Å². The molecule has 0 aliphatic heterocycles. The van der Waals surface area contributed by atoms with Gasteiger partial charge in [-0.3, -0.25) is 0 Å². The number of carbonyl (C=O) groups excluding carboxylic acids is 1. The molecule has 3 heteroatoms. The topological polar surface area (TPSA) is 26.3 Å². The number of allylic oxidation sites excluding steroid dienone is 1. The average Bonchev–Trinajstić information content (AvgIpc) is 2.20. The second-order valence-electron chi connectivity index (χ2n) is 5.64. The Balaban J connectivity index is 3.74. The molecule has 106 valence electrons. The molecular formula is C15H27BrO2. The van der Waals surface area contributed by atoms with Crippen LogP contribution in [0.15, 0.2) is 10.6 Å². The van der Waals surface area contributed by atoms with E-state index in [4.69, 9.17) is 4.74 Å². The van der Waals surface area contributed by atoms with Gasteiger partial charge in [-0.25, -0.2) is 4.79 Å². The van der Waals surface area contributed by atoms with Gasteiger partial charge in [0.15, 0.2) is 0 Å². The summed E-state index contributed by atoms with van der Waals surface area (Å²) in [5.41, 5.74) is -0.416. The van der Waals surface area contributed by atoms with E-state index in [0.29, 0.717) is 0 Å². The van der Waals surface area contributed by atoms with Gasteiger partial charge in [0.1, 0.15) is 5.60 Å². The third-order valence-corrected chi connectivity index (χ3v) is 3.08. The molecule has 0 bridgehead atoms. The Hall–Kier alpha value is -0.310. The fourth-order valence-electron chi connectivity index (χ4n) is 1.61. The van der Waals surface area contributed by atoms with Gasteiger partial charge < -0.3 is 4.74 Å². The van der Waals surface area contributed by atoms with Gasteiger partial charge in [-0.05, 0) is 33.6 Å². The van der Waals surface area contributed by atoms with Crippen molar-refractivity contribution >= 4 is 21.9 Å². The predicted octanol–water partition coefficient (Wildman–Crippen LogP) is 5.36. The zero-order valence-corrected chi connectivity index (χ0v) is 13.8. The summed E-state index contributed by atoms with van der Waals surface area (Å²) in [6.07, 6.45) is 10.1. The number of hydrogen-bond donors (Lipinski definition) is 0. The van der Waals surface area contributed by atoms with Crippen molar-refractivity contribution in [1.82, 2.24) is 0 Å². The van der Waals surface area contributed by atoms with Crippen LogP contribution in [0, 0.1) is 0 Å². The lowest BCUT2D eigenvalue weighted by Gasteiger charge is -2.18. The summed E-state index contributed by atoms with van der Waals surface area (Å²) in [5.74, 6) is -0.264. The second-order valence-corrected chi connectivity index (χ2v) is 6.66. The zero-order chi connectivity index (χ0) is 14.0. The van der Waals surface area contributed by atoms with Crippen LogP contribution in [0.3, 0.4) is 0 Å². The third kappa shape index (κ3) is 12.2. The Labute approximate surface area is 120 Å². The van der Waals surface area contributed by atoms with E-state index in [0.717, 1.165) is 17.3 Å². The zero-order valence-electron chi connectivity index (χ0n) is 12.2. The van der Waals surface area contributed by atoms with Crippen LogP contribution in [-0.2, 0) is 9.53 Å². The monoisotopic (exact) mass is 318 g/mol. The van der Waals surface area contributed by atoms with E-state index in [-0.39, 0.29) is 5.97 Å². The van der Waals surface area contributed by atoms with Crippen molar-refractivity contribution in [3.63, 3.8) is 0 Å². The normalized spacial score (nSPS) is 12.6. The highest BCUT2D eigenvalue weighted by molar-refractivity contribution is 9.11. The lowest BCUT2D eigenvalue weighted by atomic mass is 10.1. The predicted molar refractivity (Wildman–Crippen MR) is 80.8 cm³/mol. The molecule has 0 saturated heterocycles. The van der Waals surface area contributed by atoms with Crippen molar-refractivity contribution in [1.29, 1.82) is 0 Å². The lowest BCUT2D eigenvalue weighted by molar-refractivity contribution is -0.148. The SMILES string of the molecule is CCCCCCCCC(Br)=CC(=O)OC(C)(C)C. The van der Waals surface area contributed by atoms with E-state index in [9.17, 15) is 4.79 Å². The van der Waals surface area contributed by atoms with Crippen LogP contribution in [0.2, 0.25) is 0 Å². The maximum atomic E-state index is 11.5. The van der Waals surface area contributed by atoms with Crippen LogP contribution >= 0.6 is 15.9 Å². The largest absolute Gasteiger partial charge is 0.457 e. The van der Waals surface area contributed by atoms with E-state index in [1.807, 2.05) is 20.8 Å². The summed E-state index contributed by atoms with van der Waals surface area (Å²) in [7, 11) is 0. The molecule has 18 heavy (non-hydrogen) atoms. The molecule has 0 aromatic heterocycles. The molecular weight excluding hydrogens is 292 g/mol. The lowest BCUT2D eigenvalue weighted by Crippen LogP contribution is -2.22. The molecule has 0 saturated carbocycles. The quantitative estimate of drug-likeness (QED) is 0.342. The molecule has 0 amide bonds. The highest BCUT2D eigenvalue weighted by Gasteiger charge is 2.14. The first-order valence-corrected chi connectivity index (χ1v) is 7.73. The minimum Gasteiger partial charge on any atom is -0.457 e. The Morgan fingerprint density at radius 3 is 2.22 bits per heavy atom. The smallest absolute Gasteiger partial charge is 0.332 e. The van der Waals surface area contributed by atoms with Crippen molar-refractivity contribution < 1.29 is 9.53 Å². The molecule has 0 unspecified atom stereocenters. The fourth-order valence-corrected chi connectivity index (χ4v) is 2.07. The molecule has 0 heterocycles. The molecule has 0 spiro atoms. The number of esters is 1. The van der Waals surface area contributed by atoms with Gasteiger partial charge in [0.05, 0.1) is 0 Å². The number of halogens is 1. The average molecular weight is 319 g/mol. The van der Waals surface area contributed by atoms with Gasteiger partial charge in [0.2, 0.25) is 0 Å². The summed E-state index contributed by atoms with van der Waals surface area (Å²) in [4.78, 5) is 11.5. The van der Waals surface area contributed by atoms with Crippen LogP contribution in [-0.4, -0.2) is 11.6 Å². The molecule has 0 radical (unpaired) electrons. The fraction of sp³-hybridized carbons (Fsp3) is 0.800. The van der Waals surface area contributed by atoms with E-state index in [2.05, 4.69) is 22.9 Å². The molecule has 0 atom stereocenters. The maximum absolute atomic E-state index is 11.5. The van der Waals surface area contributed by atoms with Gasteiger partial charge >= 0.3 is 5.97 Å². The molecule has 0 aliphatic carbocycles. The van der Waals surface area contributed by atoms with Crippen molar-refractivity contribution in [3.05, 3.63) is 10.6 Å². The Kier molecular flexibility index (Phi) is 9.43. The van der Waals surface area contributed by atoms with Gasteiger partial charge in [0.25, 0.3) is 0 Å². The van der Waals surface area contributed by atoms with Crippen molar-refractivity contribution in [2.45, 2.75) is 78.2 Å². The first-order valence-electron chi connectivity index (χ1n) is 6.94. The molecule has 0 rings (SSSR count). The van der Waals surface area contributed by atoms with Crippen LogP contribution in [0.25, 0.3) is 0 Å².